The van der Waals surface area contributed by atoms with Gasteiger partial charge in [0, 0.05) is 25.8 Å². The number of nitrogens with two attached hydrogens (primary N) is 1. The predicted octanol–water partition coefficient (Wildman–Crippen LogP) is 4.54. The molecule has 1 aliphatic carbocycles. The third-order valence-electron chi connectivity index (χ3n) is 6.58. The fraction of sp³-hybridized carbons (Fsp3) is 0.625. The molecule has 0 bridgehead atoms. The molecule has 0 aliphatic heterocycles. The Morgan fingerprint density at radius 2 is 1.57 bits per heavy atom. The van der Waals surface area contributed by atoms with Crippen molar-refractivity contribution in [1.29, 1.82) is 0 Å². The van der Waals surface area contributed by atoms with Crippen molar-refractivity contribution in [3.63, 3.8) is 0 Å². The first-order valence-electron chi connectivity index (χ1n) is 14.5. The molecule has 0 fully saturated rings. The first-order chi connectivity index (χ1) is 19.2. The molecule has 0 aromatic carbocycles. The van der Waals surface area contributed by atoms with Gasteiger partial charge in [-0.15, -0.1) is 0 Å². The molecule has 0 saturated heterocycles. The van der Waals surface area contributed by atoms with E-state index in [1.807, 2.05) is 25.2 Å². The Kier molecular flexibility index (Phi) is 18.9. The fourth-order valence-electron chi connectivity index (χ4n) is 4.30. The number of allylic oxidation sites excluding steroid dienone is 9. The molecule has 226 valence electrons. The first-order valence-corrected chi connectivity index (χ1v) is 14.5. The second-order valence-corrected chi connectivity index (χ2v) is 10.8. The van der Waals surface area contributed by atoms with E-state index in [0.29, 0.717) is 59.2 Å². The summed E-state index contributed by atoms with van der Waals surface area (Å²) in [5, 5.41) is 5.39. The molecular weight excluding hydrogens is 506 g/mol. The summed E-state index contributed by atoms with van der Waals surface area (Å²) in [5.74, 6) is -0.530. The smallest absolute Gasteiger partial charge is 0.244 e. The van der Waals surface area contributed by atoms with Gasteiger partial charge in [-0.25, -0.2) is 0 Å². The van der Waals surface area contributed by atoms with Crippen LogP contribution in [0, 0.1) is 5.41 Å². The number of carbonyl (C=O) groups is 2. The maximum atomic E-state index is 12.1. The lowest BCUT2D eigenvalue weighted by Crippen LogP contribution is -2.37. The molecule has 1 rings (SSSR count). The minimum Gasteiger partial charge on any atom is -0.379 e. The second-order valence-electron chi connectivity index (χ2n) is 10.8. The van der Waals surface area contributed by atoms with Gasteiger partial charge < -0.3 is 30.6 Å². The van der Waals surface area contributed by atoms with Crippen molar-refractivity contribution in [2.24, 2.45) is 11.1 Å². The van der Waals surface area contributed by atoms with Crippen LogP contribution in [0.25, 0.3) is 0 Å². The Labute approximate surface area is 242 Å². The van der Waals surface area contributed by atoms with Gasteiger partial charge in [-0.1, -0.05) is 55.4 Å². The molecule has 4 N–H and O–H groups in total. The third kappa shape index (κ3) is 17.2. The largest absolute Gasteiger partial charge is 0.379 e. The maximum Gasteiger partial charge on any atom is 0.244 e. The summed E-state index contributed by atoms with van der Waals surface area (Å²) in [7, 11) is 0. The highest BCUT2D eigenvalue weighted by molar-refractivity contribution is 5.91. The maximum absolute atomic E-state index is 12.1. The van der Waals surface area contributed by atoms with Crippen LogP contribution in [0.3, 0.4) is 0 Å². The van der Waals surface area contributed by atoms with Gasteiger partial charge in [0.2, 0.25) is 11.8 Å². The monoisotopic (exact) mass is 559 g/mol. The molecule has 8 heteroatoms. The highest BCUT2D eigenvalue weighted by atomic mass is 16.5. The van der Waals surface area contributed by atoms with Crippen molar-refractivity contribution in [2.45, 2.75) is 66.7 Å². The van der Waals surface area contributed by atoms with Gasteiger partial charge >= 0.3 is 0 Å². The zero-order valence-electron chi connectivity index (χ0n) is 25.5. The van der Waals surface area contributed by atoms with Crippen LogP contribution in [0.4, 0.5) is 0 Å². The Balaban J connectivity index is 2.19. The van der Waals surface area contributed by atoms with Crippen molar-refractivity contribution in [3.8, 4) is 0 Å². The molecule has 0 atom stereocenters. The number of ether oxygens (including phenoxy) is 3. The van der Waals surface area contributed by atoms with Gasteiger partial charge in [-0.05, 0) is 76.0 Å². The fourth-order valence-corrected chi connectivity index (χ4v) is 4.30. The van der Waals surface area contributed by atoms with E-state index in [2.05, 4.69) is 50.5 Å². The first kappa shape index (κ1) is 35.5. The number of amides is 2. The molecule has 0 saturated carbocycles. The van der Waals surface area contributed by atoms with E-state index in [4.69, 9.17) is 19.9 Å². The summed E-state index contributed by atoms with van der Waals surface area (Å²) < 4.78 is 16.2. The van der Waals surface area contributed by atoms with Crippen molar-refractivity contribution >= 4 is 11.8 Å². The molecule has 1 aliphatic rings. The minimum absolute atomic E-state index is 0.0657. The topological polar surface area (TPSA) is 112 Å². The van der Waals surface area contributed by atoms with Gasteiger partial charge in [-0.2, -0.15) is 0 Å². The lowest BCUT2D eigenvalue weighted by molar-refractivity contribution is -0.124. The SMILES string of the molecule is CC1=C(/C=C/C(C)=C/C=C/C(C)=C/C(=O)NCC(=O)NCCCOCCOCCOCCCN)C(C)(C)CCC1. The van der Waals surface area contributed by atoms with Crippen LogP contribution >= 0.6 is 0 Å². The van der Waals surface area contributed by atoms with Gasteiger partial charge in [0.1, 0.15) is 0 Å². The van der Waals surface area contributed by atoms with E-state index >= 15 is 0 Å². The van der Waals surface area contributed by atoms with Gasteiger partial charge in [0.15, 0.2) is 0 Å². The molecule has 0 radical (unpaired) electrons. The molecule has 2 amide bonds. The number of hydrogen-bond acceptors (Lipinski definition) is 6. The van der Waals surface area contributed by atoms with E-state index in [-0.39, 0.29) is 23.8 Å². The van der Waals surface area contributed by atoms with Crippen LogP contribution in [0.1, 0.15) is 66.7 Å². The van der Waals surface area contributed by atoms with Crippen molar-refractivity contribution < 1.29 is 23.8 Å². The van der Waals surface area contributed by atoms with Crippen molar-refractivity contribution in [2.75, 3.05) is 59.3 Å². The quantitative estimate of drug-likeness (QED) is 0.115. The number of carbonyl (C=O) groups excluding carboxylic acids is 2. The summed E-state index contributed by atoms with van der Waals surface area (Å²) in [6.45, 7) is 15.1. The molecule has 0 spiro atoms. The van der Waals surface area contributed by atoms with Crippen LogP contribution in [-0.2, 0) is 23.8 Å². The highest BCUT2D eigenvalue weighted by Gasteiger charge is 2.26. The van der Waals surface area contributed by atoms with Gasteiger partial charge in [0.05, 0.1) is 33.0 Å². The second kappa shape index (κ2) is 21.3. The molecule has 40 heavy (non-hydrogen) atoms. The van der Waals surface area contributed by atoms with E-state index in [0.717, 1.165) is 17.6 Å². The Bertz CT molecular complexity index is 916. The van der Waals surface area contributed by atoms with Gasteiger partial charge in [0.25, 0.3) is 0 Å². The Hall–Kier alpha value is -2.52. The third-order valence-corrected chi connectivity index (χ3v) is 6.58. The Morgan fingerprint density at radius 3 is 2.23 bits per heavy atom. The minimum atomic E-state index is -0.298. The van der Waals surface area contributed by atoms with E-state index in [1.54, 1.807) is 0 Å². The van der Waals surface area contributed by atoms with E-state index in [9.17, 15) is 9.59 Å². The molecule has 0 aromatic heterocycles. The zero-order chi connectivity index (χ0) is 29.6. The standard InChI is InChI=1S/C32H53N3O5/c1-26(13-14-29-28(3)12-7-15-32(29,4)5)10-6-11-27(2)24-30(36)35-25-31(37)34-17-9-19-39-21-23-40-22-20-38-18-8-16-33/h6,10-11,13-14,24H,7-9,12,15-23,25,33H2,1-5H3,(H,34,37)(H,35,36)/b11-6+,14-13+,26-10+,27-24+. The summed E-state index contributed by atoms with van der Waals surface area (Å²) in [4.78, 5) is 24.1. The van der Waals surface area contributed by atoms with Crippen LogP contribution in [0.2, 0.25) is 0 Å². The summed E-state index contributed by atoms with van der Waals surface area (Å²) in [5.41, 5.74) is 10.5. The molecule has 8 nitrogen and oxygen atoms in total. The van der Waals surface area contributed by atoms with Crippen LogP contribution in [0.15, 0.2) is 58.7 Å². The average Bonchev–Trinajstić information content (AvgIpc) is 2.89. The van der Waals surface area contributed by atoms with E-state index < -0.39 is 0 Å². The van der Waals surface area contributed by atoms with E-state index in [1.165, 1.54) is 36.5 Å². The zero-order valence-corrected chi connectivity index (χ0v) is 25.5. The lowest BCUT2D eigenvalue weighted by atomic mass is 9.72. The van der Waals surface area contributed by atoms with Crippen molar-refractivity contribution in [3.05, 3.63) is 58.7 Å². The molecule has 0 unspecified atom stereocenters. The lowest BCUT2D eigenvalue weighted by Gasteiger charge is -2.32. The number of rotatable bonds is 20. The molecular formula is C32H53N3O5. The number of nitrogens with one attached hydrogen (secondary N) is 2. The summed E-state index contributed by atoms with van der Waals surface area (Å²) >= 11 is 0. The summed E-state index contributed by atoms with van der Waals surface area (Å²) in [6.07, 6.45) is 17.0. The molecule has 0 aromatic rings. The Morgan fingerprint density at radius 1 is 0.925 bits per heavy atom. The normalized spacial score (nSPS) is 16.2. The average molecular weight is 560 g/mol. The van der Waals surface area contributed by atoms with Crippen LogP contribution in [-0.4, -0.2) is 71.1 Å². The van der Waals surface area contributed by atoms with Gasteiger partial charge in [-0.3, -0.25) is 9.59 Å². The number of hydrogen-bond donors (Lipinski definition) is 3. The van der Waals surface area contributed by atoms with Crippen LogP contribution < -0.4 is 16.4 Å². The summed E-state index contributed by atoms with van der Waals surface area (Å²) in [6, 6.07) is 0. The van der Waals surface area contributed by atoms with Crippen LogP contribution in [0.5, 0.6) is 0 Å². The van der Waals surface area contributed by atoms with Crippen molar-refractivity contribution in [1.82, 2.24) is 10.6 Å². The predicted molar refractivity (Wildman–Crippen MR) is 163 cm³/mol. The molecule has 0 heterocycles. The highest BCUT2D eigenvalue weighted by Crippen LogP contribution is 2.40.